The Morgan fingerprint density at radius 2 is 2.17 bits per heavy atom. The van der Waals surface area contributed by atoms with Crippen molar-refractivity contribution in [1.29, 1.82) is 0 Å². The Hall–Kier alpha value is -2.76. The number of primary amides is 1. The van der Waals surface area contributed by atoms with Crippen molar-refractivity contribution in [2.75, 3.05) is 0 Å². The van der Waals surface area contributed by atoms with Crippen LogP contribution in [-0.4, -0.2) is 26.1 Å². The van der Waals surface area contributed by atoms with Crippen LogP contribution in [0.4, 0.5) is 0 Å². The predicted octanol–water partition coefficient (Wildman–Crippen LogP) is 1.12. The second kappa shape index (κ2) is 3.92. The van der Waals surface area contributed by atoms with Crippen LogP contribution in [0.15, 0.2) is 36.9 Å². The Kier molecular flexibility index (Phi) is 2.26. The third-order valence-corrected chi connectivity index (χ3v) is 2.70. The number of hydrogen-bond donors (Lipinski definition) is 2. The second-order valence-electron chi connectivity index (χ2n) is 3.79. The zero-order valence-corrected chi connectivity index (χ0v) is 9.29. The zero-order valence-electron chi connectivity index (χ0n) is 9.29. The van der Waals surface area contributed by atoms with Gasteiger partial charge in [-0.3, -0.25) is 14.9 Å². The van der Waals surface area contributed by atoms with Gasteiger partial charge in [-0.1, -0.05) is 6.07 Å². The Balaban J connectivity index is 2.35. The number of rotatable bonds is 2. The number of aromatic amines is 1. The van der Waals surface area contributed by atoms with Crippen molar-refractivity contribution in [3.63, 3.8) is 0 Å². The first-order valence-corrected chi connectivity index (χ1v) is 5.29. The number of hydrogen-bond acceptors (Lipinski definition) is 4. The Morgan fingerprint density at radius 3 is 2.89 bits per heavy atom. The highest BCUT2D eigenvalue weighted by molar-refractivity contribution is 6.09. The molecule has 0 radical (unpaired) electrons. The molecule has 3 N–H and O–H groups in total. The van der Waals surface area contributed by atoms with Crippen LogP contribution in [0.5, 0.6) is 0 Å². The number of nitrogens with zero attached hydrogens (tertiary/aromatic N) is 3. The minimum atomic E-state index is -0.511. The van der Waals surface area contributed by atoms with E-state index >= 15 is 0 Å². The summed E-state index contributed by atoms with van der Waals surface area (Å²) in [5.41, 5.74) is 7.84. The van der Waals surface area contributed by atoms with Crippen LogP contribution in [0.3, 0.4) is 0 Å². The minimum absolute atomic E-state index is 0.404. The highest BCUT2D eigenvalue weighted by Crippen LogP contribution is 2.26. The molecule has 18 heavy (non-hydrogen) atoms. The van der Waals surface area contributed by atoms with Gasteiger partial charge in [0.05, 0.1) is 17.1 Å². The van der Waals surface area contributed by atoms with E-state index in [2.05, 4.69) is 20.2 Å². The van der Waals surface area contributed by atoms with Gasteiger partial charge in [0.25, 0.3) is 0 Å². The molecule has 3 rings (SSSR count). The third kappa shape index (κ3) is 1.51. The van der Waals surface area contributed by atoms with Crippen LogP contribution in [-0.2, 0) is 0 Å². The number of carbonyl (C=O) groups excluding carboxylic acids is 1. The van der Waals surface area contributed by atoms with Gasteiger partial charge in [-0.05, 0) is 6.07 Å². The fraction of sp³-hybridized carbons (Fsp3) is 0. The number of nitrogens with one attached hydrogen (secondary N) is 1. The van der Waals surface area contributed by atoms with Crippen molar-refractivity contribution >= 4 is 16.9 Å². The summed E-state index contributed by atoms with van der Waals surface area (Å²) in [6.45, 7) is 0. The molecule has 0 aliphatic heterocycles. The molecule has 3 aromatic heterocycles. The van der Waals surface area contributed by atoms with Crippen molar-refractivity contribution in [3.8, 4) is 11.1 Å². The summed E-state index contributed by atoms with van der Waals surface area (Å²) in [4.78, 5) is 19.9. The van der Waals surface area contributed by atoms with Gasteiger partial charge in [-0.15, -0.1) is 0 Å². The smallest absolute Gasteiger partial charge is 0.250 e. The van der Waals surface area contributed by atoms with Crippen molar-refractivity contribution in [1.82, 2.24) is 20.2 Å². The van der Waals surface area contributed by atoms with Crippen molar-refractivity contribution < 1.29 is 4.79 Å². The lowest BCUT2D eigenvalue weighted by Crippen LogP contribution is -2.13. The van der Waals surface area contributed by atoms with Crippen LogP contribution >= 0.6 is 0 Å². The van der Waals surface area contributed by atoms with E-state index in [1.54, 1.807) is 30.9 Å². The van der Waals surface area contributed by atoms with E-state index in [9.17, 15) is 4.79 Å². The van der Waals surface area contributed by atoms with Gasteiger partial charge < -0.3 is 5.73 Å². The normalized spacial score (nSPS) is 10.7. The van der Waals surface area contributed by atoms with E-state index < -0.39 is 5.91 Å². The van der Waals surface area contributed by atoms with E-state index in [-0.39, 0.29) is 0 Å². The van der Waals surface area contributed by atoms with Crippen LogP contribution in [0.25, 0.3) is 22.2 Å². The fourth-order valence-electron chi connectivity index (χ4n) is 1.91. The van der Waals surface area contributed by atoms with Gasteiger partial charge in [0.2, 0.25) is 5.91 Å². The maximum absolute atomic E-state index is 11.6. The molecule has 88 valence electrons. The van der Waals surface area contributed by atoms with Gasteiger partial charge in [-0.2, -0.15) is 5.10 Å². The first kappa shape index (κ1) is 10.4. The molecular weight excluding hydrogens is 230 g/mol. The lowest BCUT2D eigenvalue weighted by molar-refractivity contribution is 0.100. The summed E-state index contributed by atoms with van der Waals surface area (Å²) in [5.74, 6) is -0.511. The third-order valence-electron chi connectivity index (χ3n) is 2.70. The van der Waals surface area contributed by atoms with E-state index in [0.29, 0.717) is 22.2 Å². The van der Waals surface area contributed by atoms with E-state index in [1.807, 2.05) is 6.07 Å². The number of carbonyl (C=O) groups is 1. The van der Waals surface area contributed by atoms with Crippen molar-refractivity contribution in [2.45, 2.75) is 0 Å². The maximum Gasteiger partial charge on any atom is 0.250 e. The second-order valence-corrected chi connectivity index (χ2v) is 3.79. The minimum Gasteiger partial charge on any atom is -0.366 e. The molecule has 1 amide bonds. The monoisotopic (exact) mass is 239 g/mol. The number of fused-ring (bicyclic) bond motifs is 1. The molecule has 6 nitrogen and oxygen atoms in total. The van der Waals surface area contributed by atoms with Crippen LogP contribution in [0.1, 0.15) is 10.4 Å². The molecular formula is C12H9N5O. The molecule has 0 bridgehead atoms. The first-order valence-electron chi connectivity index (χ1n) is 5.29. The molecule has 6 heteroatoms. The summed E-state index contributed by atoms with van der Waals surface area (Å²) >= 11 is 0. The lowest BCUT2D eigenvalue weighted by Gasteiger charge is -2.06. The number of amides is 1. The van der Waals surface area contributed by atoms with Gasteiger partial charge in [0.1, 0.15) is 0 Å². The Labute approximate surface area is 102 Å². The summed E-state index contributed by atoms with van der Waals surface area (Å²) in [7, 11) is 0. The number of pyridine rings is 2. The summed E-state index contributed by atoms with van der Waals surface area (Å²) < 4.78 is 0. The molecule has 0 aliphatic rings. The molecule has 0 fully saturated rings. The van der Waals surface area contributed by atoms with E-state index in [0.717, 1.165) is 5.56 Å². The van der Waals surface area contributed by atoms with Gasteiger partial charge >= 0.3 is 0 Å². The van der Waals surface area contributed by atoms with Gasteiger partial charge in [-0.25, -0.2) is 4.98 Å². The average molecular weight is 239 g/mol. The van der Waals surface area contributed by atoms with Crippen molar-refractivity contribution in [2.24, 2.45) is 5.73 Å². The average Bonchev–Trinajstić information content (AvgIpc) is 2.86. The highest BCUT2D eigenvalue weighted by Gasteiger charge is 2.16. The summed E-state index contributed by atoms with van der Waals surface area (Å²) in [6.07, 6.45) is 6.46. The Morgan fingerprint density at radius 1 is 1.28 bits per heavy atom. The first-order chi connectivity index (χ1) is 8.77. The Bertz CT molecular complexity index is 720. The van der Waals surface area contributed by atoms with Gasteiger partial charge in [0.15, 0.2) is 5.65 Å². The van der Waals surface area contributed by atoms with Crippen LogP contribution in [0, 0.1) is 0 Å². The number of aromatic nitrogens is 4. The SMILES string of the molecule is NC(=O)c1c(-c2cccnc2)cnc2[nH]ncc12. The molecule has 0 unspecified atom stereocenters. The van der Waals surface area contributed by atoms with Crippen LogP contribution < -0.4 is 5.73 Å². The molecule has 3 heterocycles. The quantitative estimate of drug-likeness (QED) is 0.700. The summed E-state index contributed by atoms with van der Waals surface area (Å²) in [6, 6.07) is 3.64. The molecule has 0 atom stereocenters. The van der Waals surface area contributed by atoms with Crippen molar-refractivity contribution in [3.05, 3.63) is 42.5 Å². The highest BCUT2D eigenvalue weighted by atomic mass is 16.1. The molecule has 0 spiro atoms. The molecule has 0 aliphatic carbocycles. The zero-order chi connectivity index (χ0) is 12.5. The lowest BCUT2D eigenvalue weighted by atomic mass is 10.0. The number of nitrogens with two attached hydrogens (primary N) is 1. The molecule has 0 saturated carbocycles. The maximum atomic E-state index is 11.6. The standard InChI is InChI=1S/C12H9N5O/c13-11(18)10-8(7-2-1-3-14-4-7)5-15-12-9(10)6-16-17-12/h1-6H,(H2,13,18)(H,15,16,17). The van der Waals surface area contributed by atoms with E-state index in [1.165, 1.54) is 0 Å². The molecule has 0 saturated heterocycles. The largest absolute Gasteiger partial charge is 0.366 e. The molecule has 3 aromatic rings. The number of H-pyrrole nitrogens is 1. The van der Waals surface area contributed by atoms with Gasteiger partial charge in [0, 0.05) is 29.7 Å². The fourth-order valence-corrected chi connectivity index (χ4v) is 1.91. The molecule has 0 aromatic carbocycles. The summed E-state index contributed by atoms with van der Waals surface area (Å²) in [5, 5.41) is 7.19. The van der Waals surface area contributed by atoms with Crippen LogP contribution in [0.2, 0.25) is 0 Å². The van der Waals surface area contributed by atoms with E-state index in [4.69, 9.17) is 5.73 Å². The predicted molar refractivity (Wildman–Crippen MR) is 65.6 cm³/mol. The topological polar surface area (TPSA) is 97.5 Å².